The van der Waals surface area contributed by atoms with Gasteiger partial charge in [0.05, 0.1) is 23.7 Å². The molecule has 4 rings (SSSR count). The maximum absolute atomic E-state index is 13.1. The first-order valence-electron chi connectivity index (χ1n) is 26.9. The van der Waals surface area contributed by atoms with E-state index in [0.717, 1.165) is 44.5 Å². The Morgan fingerprint density at radius 1 is 0.373 bits per heavy atom. The normalized spacial score (nSPS) is 13.5. The zero-order chi connectivity index (χ0) is 54.5. The standard InChI is InChI=1S/C62H83NO12/c1-43-13-25-51(26-14-43)33-21-47(5)59(66)70-39-55(40-71-60(67)48(6)22-34-52-27-15-44(2)16-28-52)74-57(64)11-9-37-63-38-10-12-58(65)75-56(41-72-61(68)49(7)23-35-53-29-17-45(3)18-30-53)42-73-62(69)50(8)24-36-54-31-19-46(4)20-32-54/h13-20,25-32,47-50,55-56,63H,9-12,21-24,33-42H2,1-8H3. The molecule has 4 aromatic rings. The lowest BCUT2D eigenvalue weighted by Gasteiger charge is -2.20. The second kappa shape index (κ2) is 33.6. The third-order valence-corrected chi connectivity index (χ3v) is 13.3. The number of hydrogen-bond donors (Lipinski definition) is 1. The highest BCUT2D eigenvalue weighted by Gasteiger charge is 2.25. The minimum absolute atomic E-state index is 0.0433. The average Bonchev–Trinajstić information content (AvgIpc) is 3.40. The van der Waals surface area contributed by atoms with E-state index in [1.54, 1.807) is 27.7 Å². The van der Waals surface area contributed by atoms with Crippen molar-refractivity contribution in [3.63, 3.8) is 0 Å². The first-order valence-corrected chi connectivity index (χ1v) is 26.9. The van der Waals surface area contributed by atoms with E-state index in [1.165, 1.54) is 0 Å². The van der Waals surface area contributed by atoms with Crippen LogP contribution in [0.5, 0.6) is 0 Å². The molecule has 75 heavy (non-hydrogen) atoms. The van der Waals surface area contributed by atoms with E-state index in [-0.39, 0.29) is 39.3 Å². The summed E-state index contributed by atoms with van der Waals surface area (Å²) < 4.78 is 33.9. The van der Waals surface area contributed by atoms with Gasteiger partial charge in [-0.2, -0.15) is 0 Å². The van der Waals surface area contributed by atoms with E-state index in [4.69, 9.17) is 28.4 Å². The number of esters is 6. The lowest BCUT2D eigenvalue weighted by atomic mass is 10.0. The molecule has 0 amide bonds. The van der Waals surface area contributed by atoms with E-state index < -0.39 is 71.7 Å². The fourth-order valence-electron chi connectivity index (χ4n) is 7.85. The van der Waals surface area contributed by atoms with Gasteiger partial charge in [-0.1, -0.05) is 147 Å². The molecular formula is C62H83NO12. The highest BCUT2D eigenvalue weighted by atomic mass is 16.6. The van der Waals surface area contributed by atoms with Gasteiger partial charge in [-0.15, -0.1) is 0 Å². The van der Waals surface area contributed by atoms with Crippen molar-refractivity contribution in [3.05, 3.63) is 142 Å². The zero-order valence-corrected chi connectivity index (χ0v) is 45.8. The fourth-order valence-corrected chi connectivity index (χ4v) is 7.85. The Hall–Kier alpha value is -6.34. The molecule has 0 spiro atoms. The third-order valence-electron chi connectivity index (χ3n) is 13.3. The second-order valence-corrected chi connectivity index (χ2v) is 20.4. The summed E-state index contributed by atoms with van der Waals surface area (Å²) in [5.41, 5.74) is 9.12. The Morgan fingerprint density at radius 2 is 0.600 bits per heavy atom. The predicted molar refractivity (Wildman–Crippen MR) is 290 cm³/mol. The zero-order valence-electron chi connectivity index (χ0n) is 45.8. The van der Waals surface area contributed by atoms with Crippen molar-refractivity contribution >= 4 is 35.8 Å². The molecule has 13 nitrogen and oxygen atoms in total. The van der Waals surface area contributed by atoms with Crippen molar-refractivity contribution in [1.29, 1.82) is 0 Å². The van der Waals surface area contributed by atoms with Crippen molar-refractivity contribution in [1.82, 2.24) is 5.32 Å². The summed E-state index contributed by atoms with van der Waals surface area (Å²) in [4.78, 5) is 78.2. The number of rotatable bonds is 34. The van der Waals surface area contributed by atoms with Crippen LogP contribution in [0.2, 0.25) is 0 Å². The van der Waals surface area contributed by atoms with Crippen molar-refractivity contribution in [2.75, 3.05) is 39.5 Å². The molecule has 13 heteroatoms. The summed E-state index contributed by atoms with van der Waals surface area (Å²) in [5, 5.41) is 3.23. The van der Waals surface area contributed by atoms with E-state index >= 15 is 0 Å². The molecule has 0 aliphatic carbocycles. The van der Waals surface area contributed by atoms with Gasteiger partial charge >= 0.3 is 35.8 Å². The molecule has 0 heterocycles. The summed E-state index contributed by atoms with van der Waals surface area (Å²) in [6.45, 7) is 15.1. The SMILES string of the molecule is Cc1ccc(CCC(C)C(=O)OCC(COC(=O)C(C)CCc2ccc(C)cc2)OC(=O)CCCNCCCC(=O)OC(COC(=O)C(C)CCc2ccc(C)cc2)COC(=O)C(C)CCc2ccc(C)cc2)cc1. The van der Waals surface area contributed by atoms with Crippen LogP contribution < -0.4 is 5.32 Å². The van der Waals surface area contributed by atoms with Crippen LogP contribution in [0.1, 0.15) is 124 Å². The van der Waals surface area contributed by atoms with E-state index in [2.05, 4.69) is 5.32 Å². The largest absolute Gasteiger partial charge is 0.461 e. The van der Waals surface area contributed by atoms with Crippen LogP contribution in [0.15, 0.2) is 97.1 Å². The molecule has 0 aromatic heterocycles. The molecular weight excluding hydrogens is 951 g/mol. The summed E-state index contributed by atoms with van der Waals surface area (Å²) in [6.07, 6.45) is 4.04. The number of ether oxygens (including phenoxy) is 6. The Morgan fingerprint density at radius 3 is 0.827 bits per heavy atom. The van der Waals surface area contributed by atoms with Crippen LogP contribution >= 0.6 is 0 Å². The molecule has 0 saturated carbocycles. The summed E-state index contributed by atoms with van der Waals surface area (Å²) in [5.74, 6) is -4.41. The van der Waals surface area contributed by atoms with Crippen LogP contribution in [0.4, 0.5) is 0 Å². The summed E-state index contributed by atoms with van der Waals surface area (Å²) >= 11 is 0. The van der Waals surface area contributed by atoms with Gasteiger partial charge in [0.25, 0.3) is 0 Å². The van der Waals surface area contributed by atoms with Crippen LogP contribution in [0, 0.1) is 51.4 Å². The maximum Gasteiger partial charge on any atom is 0.308 e. The van der Waals surface area contributed by atoms with Crippen molar-refractivity contribution < 1.29 is 57.2 Å². The quantitative estimate of drug-likeness (QED) is 0.0267. The molecule has 4 aromatic carbocycles. The molecule has 0 saturated heterocycles. The molecule has 4 unspecified atom stereocenters. The highest BCUT2D eigenvalue weighted by Crippen LogP contribution is 2.18. The topological polar surface area (TPSA) is 170 Å². The molecule has 0 aliphatic heterocycles. The molecule has 4 atom stereocenters. The van der Waals surface area contributed by atoms with Gasteiger partial charge in [0.2, 0.25) is 0 Å². The van der Waals surface area contributed by atoms with Gasteiger partial charge in [0, 0.05) is 12.8 Å². The van der Waals surface area contributed by atoms with Crippen LogP contribution in [-0.2, 0) is 82.9 Å². The van der Waals surface area contributed by atoms with Crippen molar-refractivity contribution in [3.8, 4) is 0 Å². The molecule has 408 valence electrons. The minimum Gasteiger partial charge on any atom is -0.461 e. The predicted octanol–water partition coefficient (Wildman–Crippen LogP) is 10.4. The Kier molecular flexibility index (Phi) is 27.4. The Balaban J connectivity index is 1.21. The number of aryl methyl sites for hydroxylation is 8. The first kappa shape index (κ1) is 61.2. The summed E-state index contributed by atoms with van der Waals surface area (Å²) in [6, 6.07) is 32.6. The Bertz CT molecular complexity index is 2040. The van der Waals surface area contributed by atoms with E-state index in [1.807, 2.05) is 125 Å². The van der Waals surface area contributed by atoms with E-state index in [9.17, 15) is 28.8 Å². The van der Waals surface area contributed by atoms with Crippen LogP contribution in [0.25, 0.3) is 0 Å². The molecule has 0 radical (unpaired) electrons. The van der Waals surface area contributed by atoms with Gasteiger partial charge in [-0.05, 0) is 127 Å². The second-order valence-electron chi connectivity index (χ2n) is 20.4. The number of carbonyl (C=O) groups excluding carboxylic acids is 6. The molecule has 0 aliphatic rings. The lowest BCUT2D eigenvalue weighted by molar-refractivity contribution is -0.169. The van der Waals surface area contributed by atoms with Gasteiger partial charge < -0.3 is 33.7 Å². The van der Waals surface area contributed by atoms with Crippen LogP contribution in [0.3, 0.4) is 0 Å². The molecule has 0 fully saturated rings. The summed E-state index contributed by atoms with van der Waals surface area (Å²) in [7, 11) is 0. The van der Waals surface area contributed by atoms with Gasteiger partial charge in [0.15, 0.2) is 12.2 Å². The van der Waals surface area contributed by atoms with E-state index in [0.29, 0.717) is 77.3 Å². The number of carbonyl (C=O) groups is 6. The fraction of sp³-hybridized carbons (Fsp3) is 0.516. The number of hydrogen-bond acceptors (Lipinski definition) is 13. The lowest BCUT2D eigenvalue weighted by Crippen LogP contribution is -2.33. The molecule has 0 bridgehead atoms. The third kappa shape index (κ3) is 25.2. The smallest absolute Gasteiger partial charge is 0.308 e. The highest BCUT2D eigenvalue weighted by molar-refractivity contribution is 5.74. The first-order chi connectivity index (χ1) is 35.9. The molecule has 1 N–H and O–H groups in total. The van der Waals surface area contributed by atoms with Crippen LogP contribution in [-0.4, -0.2) is 87.5 Å². The maximum atomic E-state index is 13.1. The monoisotopic (exact) mass is 1030 g/mol. The minimum atomic E-state index is -0.992. The van der Waals surface area contributed by atoms with Gasteiger partial charge in [0.1, 0.15) is 26.4 Å². The van der Waals surface area contributed by atoms with Gasteiger partial charge in [-0.25, -0.2) is 0 Å². The van der Waals surface area contributed by atoms with Crippen molar-refractivity contribution in [2.45, 2.75) is 145 Å². The Labute approximate surface area is 446 Å². The number of nitrogens with one attached hydrogen (secondary N) is 1. The van der Waals surface area contributed by atoms with Gasteiger partial charge in [-0.3, -0.25) is 28.8 Å². The number of benzene rings is 4. The van der Waals surface area contributed by atoms with Crippen molar-refractivity contribution in [2.24, 2.45) is 23.7 Å². The average molecular weight is 1030 g/mol.